The second-order valence-electron chi connectivity index (χ2n) is 5.94. The van der Waals surface area contributed by atoms with Crippen molar-refractivity contribution in [3.05, 3.63) is 18.2 Å². The molecule has 1 aromatic rings. The van der Waals surface area contributed by atoms with Crippen LogP contribution in [0.25, 0.3) is 0 Å². The molecule has 2 unspecified atom stereocenters. The Labute approximate surface area is 134 Å². The quantitative estimate of drug-likeness (QED) is 0.861. The molecule has 0 fully saturated rings. The van der Waals surface area contributed by atoms with Crippen LogP contribution >= 0.6 is 0 Å². The van der Waals surface area contributed by atoms with Crippen LogP contribution < -0.4 is 5.32 Å². The molecule has 23 heavy (non-hydrogen) atoms. The summed E-state index contributed by atoms with van der Waals surface area (Å²) in [6.45, 7) is 5.20. The first-order chi connectivity index (χ1) is 11.0. The van der Waals surface area contributed by atoms with Gasteiger partial charge in [0.25, 0.3) is 0 Å². The molecule has 1 amide bonds. The molecule has 1 aliphatic rings. The third-order valence-corrected chi connectivity index (χ3v) is 2.84. The fourth-order valence-corrected chi connectivity index (χ4v) is 1.93. The average Bonchev–Trinajstić information content (AvgIpc) is 2.74. The molecule has 0 aromatic carbocycles. The number of carbonyl (C=O) groups is 2. The summed E-state index contributed by atoms with van der Waals surface area (Å²) in [5.74, 6) is -2.95. The van der Waals surface area contributed by atoms with Gasteiger partial charge in [-0.25, -0.2) is 19.6 Å². The number of nitrogens with zero attached hydrogens (tertiary/aromatic N) is 4. The van der Waals surface area contributed by atoms with Crippen LogP contribution in [0, 0.1) is 0 Å². The Hall–Kier alpha value is -2.71. The molecule has 0 spiro atoms. The Morgan fingerprint density at radius 2 is 2.00 bits per heavy atom. The van der Waals surface area contributed by atoms with E-state index in [2.05, 4.69) is 20.4 Å². The van der Waals surface area contributed by atoms with Gasteiger partial charge in [0, 0.05) is 14.6 Å². The summed E-state index contributed by atoms with van der Waals surface area (Å²) in [5.41, 5.74) is -0.373. The monoisotopic (exact) mass is 322 g/mol. The van der Waals surface area contributed by atoms with E-state index in [9.17, 15) is 14.7 Å². The molecular formula is C14H19N5O4. The van der Waals surface area contributed by atoms with Crippen LogP contribution in [-0.4, -0.2) is 57.1 Å². The Morgan fingerprint density at radius 1 is 1.39 bits per heavy atom. The van der Waals surface area contributed by atoms with E-state index >= 15 is 0 Å². The summed E-state index contributed by atoms with van der Waals surface area (Å²) >= 11 is 0. The lowest BCUT2D eigenvalue weighted by atomic mass is 10.0. The zero-order chi connectivity index (χ0) is 18.1. The van der Waals surface area contributed by atoms with Crippen molar-refractivity contribution in [2.75, 3.05) is 12.4 Å². The highest BCUT2D eigenvalue weighted by Crippen LogP contribution is 2.24. The number of carboxylic acids is 1. The van der Waals surface area contributed by atoms with Crippen molar-refractivity contribution in [2.24, 2.45) is 5.10 Å². The molecule has 2 heterocycles. The number of hydrogen-bond donors (Lipinski definition) is 2. The SMILES string of the molecule is [2H]C1(c2ncc(NC(=O)OC(C)(C)C)cn2)C=NN(C)C1C(=O)O. The Kier molecular flexibility index (Phi) is 4.09. The van der Waals surface area contributed by atoms with Gasteiger partial charge in [0.15, 0.2) is 6.04 Å². The number of aromatic nitrogens is 2. The molecule has 2 atom stereocenters. The third-order valence-electron chi connectivity index (χ3n) is 2.84. The van der Waals surface area contributed by atoms with E-state index in [-0.39, 0.29) is 11.5 Å². The predicted molar refractivity (Wildman–Crippen MR) is 82.3 cm³/mol. The molecule has 2 rings (SSSR count). The van der Waals surface area contributed by atoms with Crippen molar-refractivity contribution in [1.29, 1.82) is 0 Å². The topological polar surface area (TPSA) is 117 Å². The van der Waals surface area contributed by atoms with Crippen molar-refractivity contribution >= 4 is 24.0 Å². The smallest absolute Gasteiger partial charge is 0.412 e. The van der Waals surface area contributed by atoms with E-state index in [1.165, 1.54) is 30.7 Å². The van der Waals surface area contributed by atoms with Gasteiger partial charge in [-0.1, -0.05) is 0 Å². The number of ether oxygens (including phenoxy) is 1. The number of amides is 1. The van der Waals surface area contributed by atoms with E-state index in [4.69, 9.17) is 6.11 Å². The van der Waals surface area contributed by atoms with E-state index in [1.807, 2.05) is 0 Å². The van der Waals surface area contributed by atoms with Crippen molar-refractivity contribution in [3.8, 4) is 0 Å². The highest BCUT2D eigenvalue weighted by molar-refractivity contribution is 5.85. The van der Waals surface area contributed by atoms with Gasteiger partial charge in [0.05, 0.1) is 24.0 Å². The highest BCUT2D eigenvalue weighted by atomic mass is 16.6. The van der Waals surface area contributed by atoms with Gasteiger partial charge in [-0.3, -0.25) is 10.3 Å². The highest BCUT2D eigenvalue weighted by Gasteiger charge is 2.37. The van der Waals surface area contributed by atoms with E-state index in [0.717, 1.165) is 0 Å². The standard InChI is InChI=1S/C14H19N5O4/c1-14(2,3)23-13(22)18-8-5-15-11(16-6-8)9-7-17-19(4)10(9)12(20)21/h5-7,9-10H,1-4H3,(H,18,22)(H,20,21)/i9D. The normalized spacial score (nSPS) is 24.3. The van der Waals surface area contributed by atoms with Gasteiger partial charge in [-0.2, -0.15) is 5.10 Å². The molecule has 2 N–H and O–H groups in total. The summed E-state index contributed by atoms with van der Waals surface area (Å²) in [6.07, 6.45) is 3.09. The molecule has 9 nitrogen and oxygen atoms in total. The minimum atomic E-state index is -1.72. The lowest BCUT2D eigenvalue weighted by Crippen LogP contribution is -2.36. The average molecular weight is 322 g/mol. The minimum Gasteiger partial charge on any atom is -0.480 e. The molecule has 124 valence electrons. The second-order valence-corrected chi connectivity index (χ2v) is 5.94. The molecule has 1 aromatic heterocycles. The Balaban J connectivity index is 2.16. The summed E-state index contributed by atoms with van der Waals surface area (Å²) < 4.78 is 13.5. The molecule has 9 heteroatoms. The van der Waals surface area contributed by atoms with Gasteiger partial charge in [-0.15, -0.1) is 0 Å². The fraction of sp³-hybridized carbons (Fsp3) is 0.500. The first-order valence-corrected chi connectivity index (χ1v) is 6.86. The largest absolute Gasteiger partial charge is 0.480 e. The maximum absolute atomic E-state index is 11.7. The van der Waals surface area contributed by atoms with E-state index in [1.54, 1.807) is 20.8 Å². The third kappa shape index (κ3) is 4.15. The lowest BCUT2D eigenvalue weighted by molar-refractivity contribution is -0.142. The number of aliphatic carboxylic acids is 1. The summed E-state index contributed by atoms with van der Waals surface area (Å²) in [6, 6.07) is -1.23. The number of hydrogen-bond acceptors (Lipinski definition) is 7. The number of carboxylic acid groups (broad SMARTS) is 1. The van der Waals surface area contributed by atoms with Gasteiger partial charge in [0.2, 0.25) is 0 Å². The number of hydrazone groups is 1. The van der Waals surface area contributed by atoms with Gasteiger partial charge >= 0.3 is 12.1 Å². The number of nitrogens with one attached hydrogen (secondary N) is 1. The summed E-state index contributed by atoms with van der Waals surface area (Å²) in [5, 5.41) is 16.8. The molecule has 0 bridgehead atoms. The zero-order valence-corrected chi connectivity index (χ0v) is 13.3. The second kappa shape index (κ2) is 6.19. The maximum Gasteiger partial charge on any atom is 0.412 e. The zero-order valence-electron chi connectivity index (χ0n) is 14.3. The lowest BCUT2D eigenvalue weighted by Gasteiger charge is -2.20. The van der Waals surface area contributed by atoms with Gasteiger partial charge < -0.3 is 9.84 Å². The molecule has 1 aliphatic heterocycles. The van der Waals surface area contributed by atoms with Crippen molar-refractivity contribution in [2.45, 2.75) is 38.3 Å². The maximum atomic E-state index is 11.7. The summed E-state index contributed by atoms with van der Waals surface area (Å²) in [7, 11) is 1.46. The van der Waals surface area contributed by atoms with Crippen LogP contribution in [-0.2, 0) is 9.53 Å². The fourth-order valence-electron chi connectivity index (χ4n) is 1.93. The molecular weight excluding hydrogens is 302 g/mol. The van der Waals surface area contributed by atoms with Gasteiger partial charge in [0.1, 0.15) is 11.4 Å². The molecule has 0 saturated heterocycles. The van der Waals surface area contributed by atoms with Crippen LogP contribution in [0.5, 0.6) is 0 Å². The van der Waals surface area contributed by atoms with Crippen LogP contribution in [0.15, 0.2) is 17.5 Å². The summed E-state index contributed by atoms with van der Waals surface area (Å²) in [4.78, 5) is 31.1. The van der Waals surface area contributed by atoms with Crippen LogP contribution in [0.1, 0.15) is 33.9 Å². The number of carbonyl (C=O) groups excluding carboxylic acids is 1. The molecule has 0 radical (unpaired) electrons. The number of anilines is 1. The van der Waals surface area contributed by atoms with Crippen LogP contribution in [0.2, 0.25) is 0 Å². The first kappa shape index (κ1) is 15.2. The first-order valence-electron chi connectivity index (χ1n) is 7.36. The predicted octanol–water partition coefficient (Wildman–Crippen LogP) is 1.29. The minimum absolute atomic E-state index is 0.0299. The van der Waals surface area contributed by atoms with Crippen molar-refractivity contribution in [3.63, 3.8) is 0 Å². The van der Waals surface area contributed by atoms with Crippen molar-refractivity contribution < 1.29 is 20.8 Å². The van der Waals surface area contributed by atoms with Crippen molar-refractivity contribution in [1.82, 2.24) is 15.0 Å². The molecule has 0 aliphatic carbocycles. The number of rotatable bonds is 3. The van der Waals surface area contributed by atoms with E-state index < -0.39 is 29.6 Å². The Morgan fingerprint density at radius 3 is 2.52 bits per heavy atom. The van der Waals surface area contributed by atoms with Crippen LogP contribution in [0.3, 0.4) is 0 Å². The van der Waals surface area contributed by atoms with E-state index in [0.29, 0.717) is 0 Å². The number of likely N-dealkylation sites (N-methyl/N-ethyl adjacent to an activating group) is 1. The van der Waals surface area contributed by atoms with Crippen LogP contribution in [0.4, 0.5) is 10.5 Å². The molecule has 0 saturated carbocycles. The Bertz CT molecular complexity index is 673. The van der Waals surface area contributed by atoms with Gasteiger partial charge in [-0.05, 0) is 20.8 Å².